The predicted octanol–water partition coefficient (Wildman–Crippen LogP) is 0.968. The second kappa shape index (κ2) is 9.41. The molecule has 2 aromatic carbocycles. The lowest BCUT2D eigenvalue weighted by molar-refractivity contribution is -1.02. The first-order chi connectivity index (χ1) is 13.5. The van der Waals surface area contributed by atoms with Gasteiger partial charge in [0.25, 0.3) is 5.91 Å². The van der Waals surface area contributed by atoms with Crippen molar-refractivity contribution in [2.24, 2.45) is 0 Å². The first-order valence-corrected chi connectivity index (χ1v) is 10.2. The molecule has 0 saturated carbocycles. The molecule has 0 aliphatic carbocycles. The molecule has 1 saturated heterocycles. The van der Waals surface area contributed by atoms with Gasteiger partial charge in [-0.15, -0.1) is 0 Å². The maximum Gasteiger partial charge on any atom is 0.282 e. The normalized spacial score (nSPS) is 20.4. The number of carbonyl (C=O) groups is 1. The monoisotopic (exact) mass is 403 g/mol. The molecule has 0 unspecified atom stereocenters. The topological polar surface area (TPSA) is 47.2 Å². The maximum absolute atomic E-state index is 12.8. The Kier molecular flexibility index (Phi) is 6.94. The van der Waals surface area contributed by atoms with Gasteiger partial charge in [0.2, 0.25) is 0 Å². The number of hydrogen-bond acceptors (Lipinski definition) is 2. The summed E-state index contributed by atoms with van der Waals surface area (Å²) in [6, 6.07) is 13.9. The molecule has 1 atom stereocenters. The zero-order valence-corrected chi connectivity index (χ0v) is 17.6. The Morgan fingerprint density at radius 1 is 1.18 bits per heavy atom. The number of methoxy groups -OCH3 is 1. The Balaban J connectivity index is 1.54. The van der Waals surface area contributed by atoms with Crippen LogP contribution in [0.2, 0.25) is 5.02 Å². The molecule has 1 aliphatic rings. The van der Waals surface area contributed by atoms with Crippen molar-refractivity contribution >= 4 is 23.2 Å². The third kappa shape index (κ3) is 5.25. The van der Waals surface area contributed by atoms with Crippen molar-refractivity contribution in [1.82, 2.24) is 0 Å². The number of carbonyl (C=O) groups excluding carboxylic acids is 1. The molecule has 0 radical (unpaired) electrons. The molecule has 28 heavy (non-hydrogen) atoms. The van der Waals surface area contributed by atoms with Crippen LogP contribution < -0.4 is 19.9 Å². The molecule has 1 fully saturated rings. The minimum atomic E-state index is -0.121. The van der Waals surface area contributed by atoms with Crippen LogP contribution in [0.15, 0.2) is 42.5 Å². The van der Waals surface area contributed by atoms with Crippen LogP contribution in [0.5, 0.6) is 5.75 Å². The van der Waals surface area contributed by atoms with Gasteiger partial charge in [-0.1, -0.05) is 41.4 Å². The minimum Gasteiger partial charge on any atom is -0.495 e. The Hall–Kier alpha value is -2.08. The second-order valence-corrected chi connectivity index (χ2v) is 8.07. The zero-order valence-electron chi connectivity index (χ0n) is 16.8. The van der Waals surface area contributed by atoms with Gasteiger partial charge >= 0.3 is 0 Å². The van der Waals surface area contributed by atoms with Crippen LogP contribution in [0.3, 0.4) is 0 Å². The van der Waals surface area contributed by atoms with Crippen molar-refractivity contribution < 1.29 is 19.3 Å². The van der Waals surface area contributed by atoms with Gasteiger partial charge in [0.1, 0.15) is 38.5 Å². The van der Waals surface area contributed by atoms with E-state index in [1.54, 1.807) is 30.2 Å². The summed E-state index contributed by atoms with van der Waals surface area (Å²) in [5, 5.41) is 3.55. The van der Waals surface area contributed by atoms with Crippen molar-refractivity contribution in [1.29, 1.82) is 0 Å². The smallest absolute Gasteiger partial charge is 0.282 e. The fourth-order valence-electron chi connectivity index (χ4n) is 3.85. The number of quaternary nitrogens is 2. The highest BCUT2D eigenvalue weighted by Crippen LogP contribution is 2.27. The molecule has 3 N–H and O–H groups in total. The molecule has 1 aliphatic heterocycles. The predicted molar refractivity (Wildman–Crippen MR) is 112 cm³/mol. The van der Waals surface area contributed by atoms with Gasteiger partial charge in [-0.2, -0.15) is 0 Å². The molecule has 1 heterocycles. The molecule has 3 rings (SSSR count). The number of benzene rings is 2. The van der Waals surface area contributed by atoms with E-state index >= 15 is 0 Å². The average molecular weight is 404 g/mol. The van der Waals surface area contributed by atoms with Crippen LogP contribution in [0.1, 0.15) is 18.1 Å². The third-order valence-electron chi connectivity index (χ3n) is 5.56. The highest BCUT2D eigenvalue weighted by Gasteiger charge is 2.31. The summed E-state index contributed by atoms with van der Waals surface area (Å²) in [5.74, 6) is 0.616. The van der Waals surface area contributed by atoms with Crippen LogP contribution in [-0.4, -0.2) is 45.2 Å². The van der Waals surface area contributed by atoms with E-state index in [0.29, 0.717) is 16.5 Å². The van der Waals surface area contributed by atoms with Crippen LogP contribution in [-0.2, 0) is 11.3 Å². The molecule has 0 aromatic heterocycles. The molecular weight excluding hydrogens is 374 g/mol. The molecule has 0 bridgehead atoms. The second-order valence-electron chi connectivity index (χ2n) is 7.63. The zero-order chi connectivity index (χ0) is 20.1. The van der Waals surface area contributed by atoms with Crippen molar-refractivity contribution in [2.75, 3.05) is 38.6 Å². The van der Waals surface area contributed by atoms with Gasteiger partial charge in [-0.3, -0.25) is 4.79 Å². The van der Waals surface area contributed by atoms with Crippen LogP contribution in [0, 0.1) is 6.92 Å². The maximum atomic E-state index is 12.8. The van der Waals surface area contributed by atoms with E-state index in [-0.39, 0.29) is 11.9 Å². The fraction of sp³-hybridized carbons (Fsp3) is 0.409. The summed E-state index contributed by atoms with van der Waals surface area (Å²) in [5.41, 5.74) is 3.31. The largest absolute Gasteiger partial charge is 0.495 e. The minimum absolute atomic E-state index is 0.00213. The Bertz CT molecular complexity index is 819. The van der Waals surface area contributed by atoms with Crippen molar-refractivity contribution in [3.63, 3.8) is 0 Å². The van der Waals surface area contributed by atoms with E-state index in [1.807, 2.05) is 6.92 Å². The van der Waals surface area contributed by atoms with Crippen LogP contribution >= 0.6 is 11.6 Å². The Morgan fingerprint density at radius 3 is 2.61 bits per heavy atom. The van der Waals surface area contributed by atoms with Gasteiger partial charge in [0.05, 0.1) is 12.8 Å². The van der Waals surface area contributed by atoms with Gasteiger partial charge in [0.15, 0.2) is 6.04 Å². The number of halogens is 1. The molecule has 0 spiro atoms. The lowest BCUT2D eigenvalue weighted by Gasteiger charge is -2.32. The third-order valence-corrected chi connectivity index (χ3v) is 5.80. The molecular formula is C22H30ClN3O2+2. The van der Waals surface area contributed by atoms with Crippen molar-refractivity contribution in [2.45, 2.75) is 26.4 Å². The van der Waals surface area contributed by atoms with Crippen molar-refractivity contribution in [3.8, 4) is 5.75 Å². The number of anilines is 1. The quantitative estimate of drug-likeness (QED) is 0.673. The van der Waals surface area contributed by atoms with Crippen molar-refractivity contribution in [3.05, 3.63) is 58.6 Å². The lowest BCUT2D eigenvalue weighted by atomic mass is 10.1. The van der Waals surface area contributed by atoms with E-state index in [2.05, 4.69) is 36.5 Å². The summed E-state index contributed by atoms with van der Waals surface area (Å²) in [4.78, 5) is 15.7. The standard InChI is InChI=1S/C22H28ClN3O2/c1-16-5-4-6-18(13-16)15-25-9-11-26(12-10-25)17(2)22(27)24-20-14-19(23)7-8-21(20)28-3/h4-8,13-14,17H,9-12,15H2,1-3H3,(H,24,27)/p+2/t17-/m0/s1. The summed E-state index contributed by atoms with van der Waals surface area (Å²) in [6.07, 6.45) is 0. The highest BCUT2D eigenvalue weighted by atomic mass is 35.5. The Morgan fingerprint density at radius 2 is 1.93 bits per heavy atom. The molecule has 5 nitrogen and oxygen atoms in total. The van der Waals surface area contributed by atoms with Gasteiger partial charge in [0, 0.05) is 10.6 Å². The number of nitrogens with one attached hydrogen (secondary N) is 3. The van der Waals surface area contributed by atoms with Crippen LogP contribution in [0.4, 0.5) is 5.69 Å². The van der Waals surface area contributed by atoms with Gasteiger partial charge in [-0.25, -0.2) is 0 Å². The number of rotatable bonds is 6. The summed E-state index contributed by atoms with van der Waals surface area (Å²) >= 11 is 6.06. The number of hydrogen-bond donors (Lipinski definition) is 3. The summed E-state index contributed by atoms with van der Waals surface area (Å²) in [6.45, 7) is 9.30. The van der Waals surface area contributed by atoms with E-state index in [9.17, 15) is 4.79 Å². The number of ether oxygens (including phenoxy) is 1. The highest BCUT2D eigenvalue weighted by molar-refractivity contribution is 6.31. The van der Waals surface area contributed by atoms with Crippen LogP contribution in [0.25, 0.3) is 0 Å². The van der Waals surface area contributed by atoms with E-state index in [0.717, 1.165) is 32.7 Å². The summed E-state index contributed by atoms with van der Waals surface area (Å²) in [7, 11) is 1.59. The van der Waals surface area contributed by atoms with Gasteiger partial charge < -0.3 is 19.9 Å². The van der Waals surface area contributed by atoms with E-state index in [4.69, 9.17) is 16.3 Å². The lowest BCUT2D eigenvalue weighted by Crippen LogP contribution is -3.29. The first-order valence-electron chi connectivity index (χ1n) is 9.84. The van der Waals surface area contributed by atoms with E-state index in [1.165, 1.54) is 16.0 Å². The summed E-state index contributed by atoms with van der Waals surface area (Å²) < 4.78 is 5.32. The molecule has 6 heteroatoms. The SMILES string of the molecule is COc1ccc(Cl)cc1NC(=O)[C@H](C)[NH+]1CC[NH+](Cc2cccc(C)c2)CC1. The Labute approximate surface area is 172 Å². The molecule has 150 valence electrons. The number of piperazine rings is 1. The fourth-order valence-corrected chi connectivity index (χ4v) is 4.02. The van der Waals surface area contributed by atoms with Gasteiger partial charge in [-0.05, 0) is 32.0 Å². The van der Waals surface area contributed by atoms with E-state index < -0.39 is 0 Å². The first kappa shape index (κ1) is 20.6. The number of amides is 1. The number of aryl methyl sites for hydroxylation is 1. The molecule has 1 amide bonds. The average Bonchev–Trinajstić information content (AvgIpc) is 2.68. The molecule has 2 aromatic rings.